The van der Waals surface area contributed by atoms with Crippen molar-refractivity contribution in [3.05, 3.63) is 18.0 Å². The monoisotopic (exact) mass is 291 g/mol. The van der Waals surface area contributed by atoms with Gasteiger partial charge in [-0.1, -0.05) is 6.92 Å². The molecule has 1 amide bonds. The van der Waals surface area contributed by atoms with Crippen molar-refractivity contribution in [1.82, 2.24) is 20.2 Å². The van der Waals surface area contributed by atoms with Crippen molar-refractivity contribution in [1.29, 1.82) is 0 Å². The van der Waals surface area contributed by atoms with Gasteiger partial charge in [0.1, 0.15) is 5.69 Å². The van der Waals surface area contributed by atoms with Crippen LogP contribution in [-0.2, 0) is 0 Å². The van der Waals surface area contributed by atoms with Crippen LogP contribution < -0.4 is 10.2 Å². The molecule has 1 fully saturated rings. The van der Waals surface area contributed by atoms with Crippen molar-refractivity contribution in [3.8, 4) is 0 Å². The smallest absolute Gasteiger partial charge is 0.270 e. The number of amides is 1. The van der Waals surface area contributed by atoms with Crippen LogP contribution >= 0.6 is 0 Å². The zero-order valence-electron chi connectivity index (χ0n) is 13.2. The minimum Gasteiger partial charge on any atom is -0.349 e. The van der Waals surface area contributed by atoms with Gasteiger partial charge in [-0.15, -0.1) is 0 Å². The van der Waals surface area contributed by atoms with Crippen LogP contribution in [0.2, 0.25) is 0 Å². The quantitative estimate of drug-likeness (QED) is 0.877. The molecule has 6 heteroatoms. The number of hydrogen-bond donors (Lipinski definition) is 1. The average molecular weight is 291 g/mol. The molecule has 0 radical (unpaired) electrons. The summed E-state index contributed by atoms with van der Waals surface area (Å²) in [5, 5.41) is 2.88. The number of likely N-dealkylation sites (N-methyl/N-ethyl adjacent to an activating group) is 1. The van der Waals surface area contributed by atoms with Crippen LogP contribution in [0, 0.1) is 5.92 Å². The van der Waals surface area contributed by atoms with Gasteiger partial charge >= 0.3 is 0 Å². The van der Waals surface area contributed by atoms with Gasteiger partial charge in [-0.25, -0.2) is 9.97 Å². The van der Waals surface area contributed by atoms with Crippen LogP contribution in [0.15, 0.2) is 12.3 Å². The molecule has 0 atom stereocenters. The van der Waals surface area contributed by atoms with Crippen LogP contribution in [-0.4, -0.2) is 61.0 Å². The Balaban J connectivity index is 1.95. The first-order chi connectivity index (χ1) is 10.1. The summed E-state index contributed by atoms with van der Waals surface area (Å²) in [6.07, 6.45) is 3.98. The summed E-state index contributed by atoms with van der Waals surface area (Å²) in [4.78, 5) is 25.0. The summed E-state index contributed by atoms with van der Waals surface area (Å²) in [7, 11) is 3.96. The highest BCUT2D eigenvalue weighted by Crippen LogP contribution is 2.19. The molecule has 0 spiro atoms. The van der Waals surface area contributed by atoms with Gasteiger partial charge in [0.15, 0.2) is 0 Å². The van der Waals surface area contributed by atoms with E-state index >= 15 is 0 Å². The van der Waals surface area contributed by atoms with Gasteiger partial charge in [-0.3, -0.25) is 4.79 Å². The van der Waals surface area contributed by atoms with Gasteiger partial charge in [0.2, 0.25) is 5.95 Å². The minimum absolute atomic E-state index is 0.133. The first-order valence-corrected chi connectivity index (χ1v) is 7.57. The Morgan fingerprint density at radius 2 is 2.14 bits per heavy atom. The van der Waals surface area contributed by atoms with Crippen LogP contribution in [0.25, 0.3) is 0 Å². The maximum Gasteiger partial charge on any atom is 0.270 e. The molecule has 2 heterocycles. The molecule has 6 nitrogen and oxygen atoms in total. The Hall–Kier alpha value is -1.69. The van der Waals surface area contributed by atoms with E-state index in [2.05, 4.69) is 27.1 Å². The molecule has 1 aliphatic heterocycles. The topological polar surface area (TPSA) is 61.4 Å². The minimum atomic E-state index is -0.133. The Morgan fingerprint density at radius 3 is 2.81 bits per heavy atom. The molecule has 2 rings (SSSR count). The maximum atomic E-state index is 12.1. The van der Waals surface area contributed by atoms with Crippen molar-refractivity contribution >= 4 is 11.9 Å². The summed E-state index contributed by atoms with van der Waals surface area (Å²) >= 11 is 0. The number of piperidine rings is 1. The second-order valence-electron chi connectivity index (χ2n) is 5.97. The highest BCUT2D eigenvalue weighted by atomic mass is 16.1. The molecule has 1 N–H and O–H groups in total. The van der Waals surface area contributed by atoms with E-state index in [-0.39, 0.29) is 5.91 Å². The van der Waals surface area contributed by atoms with E-state index in [4.69, 9.17) is 0 Å². The zero-order chi connectivity index (χ0) is 15.2. The highest BCUT2D eigenvalue weighted by molar-refractivity contribution is 5.92. The first-order valence-electron chi connectivity index (χ1n) is 7.57. The summed E-state index contributed by atoms with van der Waals surface area (Å²) in [6, 6.07) is 1.67. The normalized spacial score (nSPS) is 16.3. The van der Waals surface area contributed by atoms with E-state index in [1.165, 1.54) is 0 Å². The third kappa shape index (κ3) is 4.67. The molecule has 0 aliphatic carbocycles. The average Bonchev–Trinajstić information content (AvgIpc) is 2.47. The van der Waals surface area contributed by atoms with E-state index in [1.54, 1.807) is 12.3 Å². The van der Waals surface area contributed by atoms with Crippen LogP contribution in [0.5, 0.6) is 0 Å². The van der Waals surface area contributed by atoms with Gasteiger partial charge in [0, 0.05) is 32.4 Å². The fraction of sp³-hybridized carbons (Fsp3) is 0.667. The van der Waals surface area contributed by atoms with Gasteiger partial charge in [-0.05, 0) is 38.9 Å². The molecule has 0 saturated carbocycles. The number of hydrogen-bond acceptors (Lipinski definition) is 5. The highest BCUT2D eigenvalue weighted by Gasteiger charge is 2.19. The third-order valence-corrected chi connectivity index (χ3v) is 3.79. The summed E-state index contributed by atoms with van der Waals surface area (Å²) in [6.45, 7) is 5.63. The van der Waals surface area contributed by atoms with Crippen LogP contribution in [0.1, 0.15) is 30.3 Å². The van der Waals surface area contributed by atoms with E-state index in [0.29, 0.717) is 18.2 Å². The molecule has 0 bridgehead atoms. The summed E-state index contributed by atoms with van der Waals surface area (Å²) in [5.41, 5.74) is 0.442. The predicted octanol–water partition coefficient (Wildman–Crippen LogP) is 1.00. The van der Waals surface area contributed by atoms with E-state index in [9.17, 15) is 4.79 Å². The maximum absolute atomic E-state index is 12.1. The molecule has 1 saturated heterocycles. The molecule has 0 aromatic carbocycles. The third-order valence-electron chi connectivity index (χ3n) is 3.79. The Labute approximate surface area is 126 Å². The zero-order valence-corrected chi connectivity index (χ0v) is 13.2. The number of aromatic nitrogens is 2. The summed E-state index contributed by atoms with van der Waals surface area (Å²) < 4.78 is 0. The molecular formula is C15H25N5O. The lowest BCUT2D eigenvalue weighted by Crippen LogP contribution is -2.35. The fourth-order valence-electron chi connectivity index (χ4n) is 2.32. The van der Waals surface area contributed by atoms with Crippen molar-refractivity contribution in [2.75, 3.05) is 45.2 Å². The standard InChI is InChI=1S/C15H25N5O/c1-12-5-9-20(10-6-12)15-17-7-4-13(18-15)14(21)16-8-11-19(2)3/h4,7,12H,5-6,8-11H2,1-3H3,(H,16,21). The molecule has 1 aliphatic rings. The van der Waals surface area contributed by atoms with Crippen LogP contribution in [0.3, 0.4) is 0 Å². The van der Waals surface area contributed by atoms with Crippen molar-refractivity contribution < 1.29 is 4.79 Å². The van der Waals surface area contributed by atoms with Crippen molar-refractivity contribution in [3.63, 3.8) is 0 Å². The number of nitrogens with zero attached hydrogens (tertiary/aromatic N) is 4. The van der Waals surface area contributed by atoms with E-state index < -0.39 is 0 Å². The molecule has 0 unspecified atom stereocenters. The number of carbonyl (C=O) groups is 1. The largest absolute Gasteiger partial charge is 0.349 e. The predicted molar refractivity (Wildman–Crippen MR) is 83.5 cm³/mol. The fourth-order valence-corrected chi connectivity index (χ4v) is 2.32. The molecule has 1 aromatic heterocycles. The Kier molecular flexibility index (Phi) is 5.50. The molecule has 21 heavy (non-hydrogen) atoms. The molecule has 116 valence electrons. The van der Waals surface area contributed by atoms with Gasteiger partial charge < -0.3 is 15.1 Å². The lowest BCUT2D eigenvalue weighted by atomic mass is 10.00. The molecular weight excluding hydrogens is 266 g/mol. The van der Waals surface area contributed by atoms with Gasteiger partial charge in [0.05, 0.1) is 0 Å². The second kappa shape index (κ2) is 7.36. The van der Waals surface area contributed by atoms with E-state index in [1.807, 2.05) is 19.0 Å². The van der Waals surface area contributed by atoms with Gasteiger partial charge in [0.25, 0.3) is 5.91 Å². The lowest BCUT2D eigenvalue weighted by Gasteiger charge is -2.30. The van der Waals surface area contributed by atoms with Crippen molar-refractivity contribution in [2.45, 2.75) is 19.8 Å². The van der Waals surface area contributed by atoms with Crippen LogP contribution in [0.4, 0.5) is 5.95 Å². The summed E-state index contributed by atoms with van der Waals surface area (Å²) in [5.74, 6) is 1.30. The molecule has 1 aromatic rings. The van der Waals surface area contributed by atoms with Gasteiger partial charge in [-0.2, -0.15) is 0 Å². The second-order valence-corrected chi connectivity index (χ2v) is 5.97. The number of anilines is 1. The number of nitrogens with one attached hydrogen (secondary N) is 1. The Morgan fingerprint density at radius 1 is 1.43 bits per heavy atom. The SMILES string of the molecule is CC1CCN(c2nccc(C(=O)NCCN(C)C)n2)CC1. The number of rotatable bonds is 5. The first kappa shape index (κ1) is 15.7. The Bertz CT molecular complexity index is 469. The lowest BCUT2D eigenvalue weighted by molar-refractivity contribution is 0.0946. The van der Waals surface area contributed by atoms with E-state index in [0.717, 1.165) is 38.4 Å². The number of carbonyl (C=O) groups excluding carboxylic acids is 1. The van der Waals surface area contributed by atoms with Crippen molar-refractivity contribution in [2.24, 2.45) is 5.92 Å².